The highest BCUT2D eigenvalue weighted by Crippen LogP contribution is 2.64. The second-order valence-corrected chi connectivity index (χ2v) is 5.97. The zero-order valence-electron chi connectivity index (χ0n) is 8.87. The Balaban J connectivity index is 1.57. The largest absolute Gasteiger partial charge is 0.509 e. The zero-order valence-corrected chi connectivity index (χ0v) is 8.87. The van der Waals surface area contributed by atoms with Gasteiger partial charge in [-0.25, -0.2) is 4.79 Å². The van der Waals surface area contributed by atoms with Crippen molar-refractivity contribution >= 4 is 6.16 Å². The summed E-state index contributed by atoms with van der Waals surface area (Å²) in [4.78, 5) is 11.2. The van der Waals surface area contributed by atoms with Gasteiger partial charge in [0.2, 0.25) is 0 Å². The lowest BCUT2D eigenvalue weighted by Crippen LogP contribution is -2.47. The van der Waals surface area contributed by atoms with Crippen LogP contribution in [0.3, 0.4) is 0 Å². The molecule has 4 heteroatoms. The molecule has 5 rings (SSSR count). The lowest BCUT2D eigenvalue weighted by atomic mass is 9.69. The minimum atomic E-state index is -0.486. The fourth-order valence-electron chi connectivity index (χ4n) is 5.20. The topological polar surface area (TPSA) is 44.8 Å². The van der Waals surface area contributed by atoms with Crippen LogP contribution in [0.1, 0.15) is 19.3 Å². The van der Waals surface area contributed by atoms with E-state index in [9.17, 15) is 4.79 Å². The van der Waals surface area contributed by atoms with Gasteiger partial charge in [0, 0.05) is 0 Å². The van der Waals surface area contributed by atoms with Gasteiger partial charge in [-0.15, -0.1) is 0 Å². The van der Waals surface area contributed by atoms with Crippen LogP contribution in [0.25, 0.3) is 0 Å². The van der Waals surface area contributed by atoms with Crippen LogP contribution in [0.4, 0.5) is 4.79 Å². The van der Waals surface area contributed by atoms with Crippen LogP contribution in [-0.2, 0) is 14.2 Å². The molecular weight excluding hydrogens is 208 g/mol. The molecule has 0 aromatic rings. The van der Waals surface area contributed by atoms with Crippen molar-refractivity contribution in [3.63, 3.8) is 0 Å². The Morgan fingerprint density at radius 2 is 1.44 bits per heavy atom. The van der Waals surface area contributed by atoms with E-state index in [0.717, 1.165) is 11.8 Å². The predicted octanol–water partition coefficient (Wildman–Crippen LogP) is 1.33. The quantitative estimate of drug-likeness (QED) is 0.580. The first-order valence-corrected chi connectivity index (χ1v) is 6.35. The second kappa shape index (κ2) is 2.40. The average Bonchev–Trinajstić information content (AvgIpc) is 2.98. The number of carbonyl (C=O) groups excluding carboxylic acids is 1. The van der Waals surface area contributed by atoms with Crippen molar-refractivity contribution in [3.8, 4) is 0 Å². The van der Waals surface area contributed by atoms with E-state index >= 15 is 0 Å². The van der Waals surface area contributed by atoms with E-state index in [0.29, 0.717) is 11.8 Å². The van der Waals surface area contributed by atoms with Gasteiger partial charge in [0.25, 0.3) is 0 Å². The maximum absolute atomic E-state index is 11.2. The van der Waals surface area contributed by atoms with Gasteiger partial charge in [-0.1, -0.05) is 0 Å². The van der Waals surface area contributed by atoms with E-state index in [1.54, 1.807) is 0 Å². The van der Waals surface area contributed by atoms with Crippen LogP contribution in [-0.4, -0.2) is 30.6 Å². The molecule has 4 nitrogen and oxygen atoms in total. The highest BCUT2D eigenvalue weighted by molar-refractivity contribution is 5.63. The molecule has 2 aliphatic carbocycles. The van der Waals surface area contributed by atoms with Crippen molar-refractivity contribution in [1.29, 1.82) is 0 Å². The molecule has 8 atom stereocenters. The average molecular weight is 222 g/mol. The van der Waals surface area contributed by atoms with Crippen molar-refractivity contribution in [1.82, 2.24) is 0 Å². The molecule has 0 aromatic heterocycles. The van der Waals surface area contributed by atoms with Crippen LogP contribution in [0, 0.1) is 23.7 Å². The fourth-order valence-corrected chi connectivity index (χ4v) is 5.20. The summed E-state index contributed by atoms with van der Waals surface area (Å²) in [7, 11) is 0. The Kier molecular flexibility index (Phi) is 1.25. The number of hydrogen-bond donors (Lipinski definition) is 0. The van der Waals surface area contributed by atoms with Crippen molar-refractivity contribution < 1.29 is 19.0 Å². The first kappa shape index (κ1) is 8.34. The fraction of sp³-hybridized carbons (Fsp3) is 0.917. The first-order chi connectivity index (χ1) is 7.83. The molecule has 4 bridgehead atoms. The number of hydrogen-bond acceptors (Lipinski definition) is 4. The standard InChI is InChI=1S/C12H14O4/c13-12-15-10-8-6-4-1-2-5(3-4)7(6)9(14-8)11(10)16-12/h4-11H,1-3H2. The van der Waals surface area contributed by atoms with Crippen LogP contribution in [0.15, 0.2) is 0 Å². The number of rotatable bonds is 0. The minimum absolute atomic E-state index is 0.0990. The minimum Gasteiger partial charge on any atom is -0.424 e. The summed E-state index contributed by atoms with van der Waals surface area (Å²) in [6, 6.07) is 0. The molecule has 86 valence electrons. The van der Waals surface area contributed by atoms with Crippen LogP contribution < -0.4 is 0 Å². The maximum atomic E-state index is 11.2. The predicted molar refractivity (Wildman–Crippen MR) is 51.6 cm³/mol. The van der Waals surface area contributed by atoms with Gasteiger partial charge in [0.15, 0.2) is 12.2 Å². The molecule has 0 N–H and O–H groups in total. The number of carbonyl (C=O) groups is 1. The molecule has 16 heavy (non-hydrogen) atoms. The molecule has 0 aromatic carbocycles. The zero-order chi connectivity index (χ0) is 10.4. The SMILES string of the molecule is O=C1OC2C(O1)C1OC2C2C3CCC(C3)C12. The molecule has 0 spiro atoms. The Morgan fingerprint density at radius 3 is 2.00 bits per heavy atom. The summed E-state index contributed by atoms with van der Waals surface area (Å²) in [6.07, 6.45) is 3.68. The summed E-state index contributed by atoms with van der Waals surface area (Å²) in [5, 5.41) is 0. The van der Waals surface area contributed by atoms with E-state index in [1.165, 1.54) is 19.3 Å². The molecular formula is C12H14O4. The lowest BCUT2D eigenvalue weighted by Gasteiger charge is -2.34. The Labute approximate surface area is 93.2 Å². The van der Waals surface area contributed by atoms with E-state index < -0.39 is 6.16 Å². The normalized spacial score (nSPS) is 64.4. The van der Waals surface area contributed by atoms with Gasteiger partial charge < -0.3 is 14.2 Å². The van der Waals surface area contributed by atoms with Crippen molar-refractivity contribution in [2.75, 3.05) is 0 Å². The molecule has 5 aliphatic rings. The Bertz CT molecular complexity index is 349. The third-order valence-corrected chi connectivity index (χ3v) is 5.56. The van der Waals surface area contributed by atoms with Gasteiger partial charge >= 0.3 is 6.16 Å². The molecule has 0 amide bonds. The maximum Gasteiger partial charge on any atom is 0.509 e. The van der Waals surface area contributed by atoms with Crippen molar-refractivity contribution in [2.45, 2.75) is 43.7 Å². The van der Waals surface area contributed by atoms with Gasteiger partial charge in [0.1, 0.15) is 12.2 Å². The first-order valence-electron chi connectivity index (χ1n) is 6.35. The summed E-state index contributed by atoms with van der Waals surface area (Å²) in [5.41, 5.74) is 0. The van der Waals surface area contributed by atoms with Gasteiger partial charge in [-0.05, 0) is 42.9 Å². The highest BCUT2D eigenvalue weighted by atomic mass is 16.8. The third kappa shape index (κ3) is 0.725. The summed E-state index contributed by atoms with van der Waals surface area (Å²) < 4.78 is 16.5. The summed E-state index contributed by atoms with van der Waals surface area (Å²) in [5.74, 6) is 2.95. The molecule has 3 aliphatic heterocycles. The van der Waals surface area contributed by atoms with Crippen molar-refractivity contribution in [2.24, 2.45) is 23.7 Å². The highest BCUT2D eigenvalue weighted by Gasteiger charge is 2.71. The van der Waals surface area contributed by atoms with E-state index in [4.69, 9.17) is 14.2 Å². The van der Waals surface area contributed by atoms with Gasteiger partial charge in [-0.2, -0.15) is 0 Å². The number of ether oxygens (including phenoxy) is 3. The van der Waals surface area contributed by atoms with E-state index in [1.807, 2.05) is 0 Å². The summed E-state index contributed by atoms with van der Waals surface area (Å²) >= 11 is 0. The molecule has 8 unspecified atom stereocenters. The molecule has 3 heterocycles. The smallest absolute Gasteiger partial charge is 0.424 e. The van der Waals surface area contributed by atoms with Crippen molar-refractivity contribution in [3.05, 3.63) is 0 Å². The van der Waals surface area contributed by atoms with Crippen LogP contribution in [0.5, 0.6) is 0 Å². The van der Waals surface area contributed by atoms with Gasteiger partial charge in [0.05, 0.1) is 0 Å². The van der Waals surface area contributed by atoms with E-state index in [2.05, 4.69) is 0 Å². The Hall–Kier alpha value is -0.770. The monoisotopic (exact) mass is 222 g/mol. The van der Waals surface area contributed by atoms with Gasteiger partial charge in [-0.3, -0.25) is 0 Å². The van der Waals surface area contributed by atoms with Crippen LogP contribution >= 0.6 is 0 Å². The molecule has 5 fully saturated rings. The second-order valence-electron chi connectivity index (χ2n) is 5.97. The lowest BCUT2D eigenvalue weighted by molar-refractivity contribution is -0.00113. The molecule has 2 saturated carbocycles. The molecule has 0 radical (unpaired) electrons. The van der Waals surface area contributed by atoms with E-state index in [-0.39, 0.29) is 24.4 Å². The molecule has 3 saturated heterocycles. The Morgan fingerprint density at radius 1 is 0.875 bits per heavy atom. The van der Waals surface area contributed by atoms with Crippen LogP contribution in [0.2, 0.25) is 0 Å². The number of fused-ring (bicyclic) bond motifs is 12. The summed E-state index contributed by atoms with van der Waals surface area (Å²) in [6.45, 7) is 0. The third-order valence-electron chi connectivity index (χ3n) is 5.56.